The molecule has 2 aromatic rings. The zero-order valence-corrected chi connectivity index (χ0v) is 19.8. The molecule has 0 aliphatic heterocycles. The third-order valence-electron chi connectivity index (χ3n) is 5.37. The van der Waals surface area contributed by atoms with Crippen molar-refractivity contribution in [3.05, 3.63) is 34.3 Å². The smallest absolute Gasteiger partial charge is 0.207 e. The molecule has 160 valence electrons. The van der Waals surface area contributed by atoms with Crippen LogP contribution in [0.5, 0.6) is 5.75 Å². The Morgan fingerprint density at radius 2 is 2.00 bits per heavy atom. The summed E-state index contributed by atoms with van der Waals surface area (Å²) in [5.41, 5.74) is 3.62. The molecule has 0 saturated carbocycles. The first-order chi connectivity index (χ1) is 13.7. The molecule has 1 heterocycles. The predicted octanol–water partition coefficient (Wildman–Crippen LogP) is 6.26. The zero-order chi connectivity index (χ0) is 21.6. The Balaban J connectivity index is 2.40. The molecule has 4 nitrogen and oxygen atoms in total. The Hall–Kier alpha value is -1.88. The Bertz CT molecular complexity index is 806. The van der Waals surface area contributed by atoms with E-state index in [9.17, 15) is 4.79 Å². The van der Waals surface area contributed by atoms with Crippen molar-refractivity contribution in [3.63, 3.8) is 0 Å². The van der Waals surface area contributed by atoms with Gasteiger partial charge in [-0.15, -0.1) is 11.3 Å². The molecular weight excluding hydrogens is 380 g/mol. The van der Waals surface area contributed by atoms with E-state index in [0.29, 0.717) is 11.8 Å². The Morgan fingerprint density at radius 1 is 1.28 bits per heavy atom. The maximum absolute atomic E-state index is 10.4. The Kier molecular flexibility index (Phi) is 8.26. The van der Waals surface area contributed by atoms with Crippen LogP contribution in [0, 0.1) is 0 Å². The number of nitrogens with zero attached hydrogens (tertiary/aromatic N) is 1. The van der Waals surface area contributed by atoms with Gasteiger partial charge in [-0.2, -0.15) is 0 Å². The van der Waals surface area contributed by atoms with Crippen LogP contribution < -0.4 is 10.1 Å². The lowest BCUT2D eigenvalue weighted by molar-refractivity contribution is -0.109. The molecule has 1 atom stereocenters. The van der Waals surface area contributed by atoms with Gasteiger partial charge in [-0.05, 0) is 54.2 Å². The van der Waals surface area contributed by atoms with E-state index in [1.165, 1.54) is 21.6 Å². The molecule has 1 aromatic carbocycles. The molecule has 1 aromatic heterocycles. The number of ether oxygens (including phenoxy) is 1. The maximum atomic E-state index is 10.4. The van der Waals surface area contributed by atoms with E-state index in [1.54, 1.807) is 18.4 Å². The summed E-state index contributed by atoms with van der Waals surface area (Å²) in [6.45, 7) is 14.1. The van der Waals surface area contributed by atoms with Crippen LogP contribution >= 0.6 is 11.3 Å². The van der Waals surface area contributed by atoms with Crippen molar-refractivity contribution in [2.75, 3.05) is 13.7 Å². The minimum absolute atomic E-state index is 0.0113. The molecule has 5 heteroatoms. The molecule has 0 saturated heterocycles. The summed E-state index contributed by atoms with van der Waals surface area (Å²) in [4.78, 5) is 16.6. The Morgan fingerprint density at radius 3 is 2.55 bits per heavy atom. The second-order valence-electron chi connectivity index (χ2n) is 8.94. The number of carbonyl (C=O) groups excluding carboxylic acids is 1. The standard InChI is InChI=1S/C24H36N2O2S/c1-8-17(10-9-11-25-15-27)21-14-26-23(29-21)18-12-19(16(2)3)22(28-7)20(13-18)24(4,5)6/h12-17H,8-11H2,1-7H3,(H,25,27). The highest BCUT2D eigenvalue weighted by Crippen LogP contribution is 2.42. The summed E-state index contributed by atoms with van der Waals surface area (Å²) in [7, 11) is 1.77. The molecule has 0 radical (unpaired) electrons. The molecule has 1 N–H and O–H groups in total. The SMILES string of the molecule is CCC(CCCNC=O)c1cnc(-c2cc(C(C)C)c(OC)c(C(C)(C)C)c2)s1. The molecule has 0 aliphatic rings. The van der Waals surface area contributed by atoms with Gasteiger partial charge in [0.2, 0.25) is 6.41 Å². The highest BCUT2D eigenvalue weighted by atomic mass is 32.1. The van der Waals surface area contributed by atoms with Crippen LogP contribution in [0.3, 0.4) is 0 Å². The number of benzene rings is 1. The molecule has 0 aliphatic carbocycles. The molecule has 0 spiro atoms. The molecule has 1 unspecified atom stereocenters. The molecule has 29 heavy (non-hydrogen) atoms. The van der Waals surface area contributed by atoms with E-state index in [-0.39, 0.29) is 5.41 Å². The molecule has 0 fully saturated rings. The number of amides is 1. The van der Waals surface area contributed by atoms with Crippen LogP contribution in [0.4, 0.5) is 0 Å². The van der Waals surface area contributed by atoms with Gasteiger partial charge in [-0.25, -0.2) is 4.98 Å². The van der Waals surface area contributed by atoms with Crippen molar-refractivity contribution in [1.82, 2.24) is 10.3 Å². The Labute approximate surface area is 180 Å². The van der Waals surface area contributed by atoms with E-state index in [2.05, 4.69) is 59.0 Å². The van der Waals surface area contributed by atoms with Crippen molar-refractivity contribution in [1.29, 1.82) is 0 Å². The topological polar surface area (TPSA) is 51.2 Å². The fourth-order valence-electron chi connectivity index (χ4n) is 3.65. The first-order valence-electron chi connectivity index (χ1n) is 10.6. The van der Waals surface area contributed by atoms with Crippen LogP contribution in [0.1, 0.15) is 88.6 Å². The number of aromatic nitrogens is 1. The van der Waals surface area contributed by atoms with Gasteiger partial charge >= 0.3 is 0 Å². The average Bonchev–Trinajstić information content (AvgIpc) is 3.16. The number of hydrogen-bond donors (Lipinski definition) is 1. The summed E-state index contributed by atoms with van der Waals surface area (Å²) < 4.78 is 5.83. The predicted molar refractivity (Wildman–Crippen MR) is 123 cm³/mol. The monoisotopic (exact) mass is 416 g/mol. The molecule has 1 amide bonds. The third-order valence-corrected chi connectivity index (χ3v) is 6.58. The normalized spacial score (nSPS) is 12.8. The summed E-state index contributed by atoms with van der Waals surface area (Å²) in [6, 6.07) is 4.50. The quantitative estimate of drug-likeness (QED) is 0.367. The van der Waals surface area contributed by atoms with E-state index < -0.39 is 0 Å². The second kappa shape index (κ2) is 10.2. The minimum Gasteiger partial charge on any atom is -0.496 e. The van der Waals surface area contributed by atoms with Crippen LogP contribution in [-0.4, -0.2) is 25.0 Å². The molecule has 2 rings (SSSR count). The zero-order valence-electron chi connectivity index (χ0n) is 19.0. The van der Waals surface area contributed by atoms with Gasteiger partial charge in [0, 0.05) is 28.7 Å². The van der Waals surface area contributed by atoms with Crippen molar-refractivity contribution >= 4 is 17.7 Å². The van der Waals surface area contributed by atoms with Gasteiger partial charge in [0.05, 0.1) is 7.11 Å². The second-order valence-corrected chi connectivity index (χ2v) is 10.0. The fraction of sp³-hybridized carbons (Fsp3) is 0.583. The van der Waals surface area contributed by atoms with Crippen LogP contribution in [0.15, 0.2) is 18.3 Å². The largest absolute Gasteiger partial charge is 0.496 e. The highest BCUT2D eigenvalue weighted by Gasteiger charge is 2.25. The lowest BCUT2D eigenvalue weighted by atomic mass is 9.82. The molecular formula is C24H36N2O2S. The van der Waals surface area contributed by atoms with Gasteiger partial charge in [0.1, 0.15) is 10.8 Å². The van der Waals surface area contributed by atoms with E-state index in [0.717, 1.165) is 43.0 Å². The maximum Gasteiger partial charge on any atom is 0.207 e. The number of rotatable bonds is 10. The van der Waals surface area contributed by atoms with Gasteiger partial charge in [-0.3, -0.25) is 4.79 Å². The van der Waals surface area contributed by atoms with Crippen molar-refractivity contribution in [2.24, 2.45) is 0 Å². The van der Waals surface area contributed by atoms with Crippen molar-refractivity contribution in [3.8, 4) is 16.3 Å². The highest BCUT2D eigenvalue weighted by molar-refractivity contribution is 7.15. The summed E-state index contributed by atoms with van der Waals surface area (Å²) in [5, 5.41) is 3.82. The lowest BCUT2D eigenvalue weighted by Gasteiger charge is -2.26. The van der Waals surface area contributed by atoms with Gasteiger partial charge in [-0.1, -0.05) is 41.5 Å². The average molecular weight is 417 g/mol. The molecule has 0 bridgehead atoms. The van der Waals surface area contributed by atoms with E-state index in [4.69, 9.17) is 9.72 Å². The third kappa shape index (κ3) is 5.81. The number of thiazole rings is 1. The summed E-state index contributed by atoms with van der Waals surface area (Å²) in [5.74, 6) is 1.86. The van der Waals surface area contributed by atoms with Gasteiger partial charge < -0.3 is 10.1 Å². The summed E-state index contributed by atoms with van der Waals surface area (Å²) >= 11 is 1.79. The fourth-order valence-corrected chi connectivity index (χ4v) is 4.78. The first kappa shape index (κ1) is 23.4. The van der Waals surface area contributed by atoms with Gasteiger partial charge in [0.15, 0.2) is 0 Å². The number of methoxy groups -OCH3 is 1. The number of carbonyl (C=O) groups is 1. The first-order valence-corrected chi connectivity index (χ1v) is 11.4. The summed E-state index contributed by atoms with van der Waals surface area (Å²) in [6.07, 6.45) is 5.94. The van der Waals surface area contributed by atoms with Crippen LogP contribution in [0.2, 0.25) is 0 Å². The number of hydrogen-bond acceptors (Lipinski definition) is 4. The van der Waals surface area contributed by atoms with E-state index in [1.807, 2.05) is 6.20 Å². The number of nitrogens with one attached hydrogen (secondary N) is 1. The van der Waals surface area contributed by atoms with Gasteiger partial charge in [0.25, 0.3) is 0 Å². The van der Waals surface area contributed by atoms with Crippen molar-refractivity contribution < 1.29 is 9.53 Å². The lowest BCUT2D eigenvalue weighted by Crippen LogP contribution is -2.14. The van der Waals surface area contributed by atoms with Crippen LogP contribution in [0.25, 0.3) is 10.6 Å². The van der Waals surface area contributed by atoms with E-state index >= 15 is 0 Å². The van der Waals surface area contributed by atoms with Crippen LogP contribution in [-0.2, 0) is 10.2 Å². The van der Waals surface area contributed by atoms with Crippen molar-refractivity contribution in [2.45, 2.75) is 78.1 Å². The minimum atomic E-state index is -0.0113.